The highest BCUT2D eigenvalue weighted by molar-refractivity contribution is 6.30. The van der Waals surface area contributed by atoms with Gasteiger partial charge in [0.2, 0.25) is 0 Å². The second-order valence-corrected chi connectivity index (χ2v) is 6.07. The Bertz CT molecular complexity index is 641. The first kappa shape index (κ1) is 17.8. The fourth-order valence-corrected chi connectivity index (χ4v) is 2.66. The van der Waals surface area contributed by atoms with Gasteiger partial charge in [0.15, 0.2) is 0 Å². The van der Waals surface area contributed by atoms with Crippen LogP contribution in [0, 0.1) is 0 Å². The van der Waals surface area contributed by atoms with Crippen LogP contribution in [0.2, 0.25) is 5.15 Å². The molecule has 0 aliphatic heterocycles. The van der Waals surface area contributed by atoms with E-state index in [2.05, 4.69) is 24.3 Å². The summed E-state index contributed by atoms with van der Waals surface area (Å²) in [6.45, 7) is 5.83. The standard InChI is InChI=1S/C17H24ClN3O2/c1-12(2)16-14(17(18)21(3)20-16)11-19-10-13-6-4-5-7-15(13)23-9-8-22/h4-7,12,19,22H,8-11H2,1-3H3. The summed E-state index contributed by atoms with van der Waals surface area (Å²) in [5.74, 6) is 1.11. The van der Waals surface area contributed by atoms with Gasteiger partial charge in [0.25, 0.3) is 0 Å². The number of aryl methyl sites for hydroxylation is 1. The summed E-state index contributed by atoms with van der Waals surface area (Å²) < 4.78 is 7.26. The molecule has 0 aliphatic carbocycles. The molecule has 2 rings (SSSR count). The van der Waals surface area contributed by atoms with Crippen LogP contribution in [0.5, 0.6) is 5.75 Å². The van der Waals surface area contributed by atoms with E-state index in [1.54, 1.807) is 4.68 Å². The molecule has 6 heteroatoms. The van der Waals surface area contributed by atoms with E-state index in [1.807, 2.05) is 31.3 Å². The molecule has 1 aromatic carbocycles. The molecule has 0 fully saturated rings. The zero-order valence-electron chi connectivity index (χ0n) is 13.8. The van der Waals surface area contributed by atoms with Gasteiger partial charge in [-0.05, 0) is 12.0 Å². The summed E-state index contributed by atoms with van der Waals surface area (Å²) in [5.41, 5.74) is 3.11. The van der Waals surface area contributed by atoms with Crippen LogP contribution >= 0.6 is 11.6 Å². The fourth-order valence-electron chi connectivity index (χ4n) is 2.46. The number of para-hydroxylation sites is 1. The molecule has 23 heavy (non-hydrogen) atoms. The number of hydrogen-bond donors (Lipinski definition) is 2. The summed E-state index contributed by atoms with van der Waals surface area (Å²) in [6.07, 6.45) is 0. The number of nitrogens with zero attached hydrogens (tertiary/aromatic N) is 2. The number of aliphatic hydroxyl groups is 1. The van der Waals surface area contributed by atoms with Crippen LogP contribution in [0.4, 0.5) is 0 Å². The Morgan fingerprint density at radius 1 is 1.30 bits per heavy atom. The molecule has 2 aromatic rings. The van der Waals surface area contributed by atoms with Crippen LogP contribution in [0.25, 0.3) is 0 Å². The normalized spacial score (nSPS) is 11.2. The zero-order valence-corrected chi connectivity index (χ0v) is 14.6. The van der Waals surface area contributed by atoms with Crippen molar-refractivity contribution in [3.63, 3.8) is 0 Å². The lowest BCUT2D eigenvalue weighted by Gasteiger charge is -2.12. The van der Waals surface area contributed by atoms with E-state index in [4.69, 9.17) is 21.4 Å². The number of aliphatic hydroxyl groups excluding tert-OH is 1. The van der Waals surface area contributed by atoms with E-state index in [-0.39, 0.29) is 6.61 Å². The molecule has 0 saturated carbocycles. The summed E-state index contributed by atoms with van der Waals surface area (Å²) in [5, 5.41) is 17.5. The predicted molar refractivity (Wildman–Crippen MR) is 91.9 cm³/mol. The van der Waals surface area contributed by atoms with Crippen molar-refractivity contribution in [1.29, 1.82) is 0 Å². The Morgan fingerprint density at radius 2 is 2.04 bits per heavy atom. The Labute approximate surface area is 142 Å². The molecule has 1 heterocycles. The third-order valence-corrected chi connectivity index (χ3v) is 4.06. The maximum atomic E-state index is 8.89. The highest BCUT2D eigenvalue weighted by Gasteiger charge is 2.16. The molecule has 5 nitrogen and oxygen atoms in total. The van der Waals surface area contributed by atoms with Crippen molar-refractivity contribution in [1.82, 2.24) is 15.1 Å². The van der Waals surface area contributed by atoms with Crippen LogP contribution in [-0.4, -0.2) is 28.1 Å². The largest absolute Gasteiger partial charge is 0.491 e. The van der Waals surface area contributed by atoms with Crippen molar-refractivity contribution in [2.24, 2.45) is 7.05 Å². The minimum absolute atomic E-state index is 0.00477. The SMILES string of the molecule is CC(C)c1nn(C)c(Cl)c1CNCc1ccccc1OCCO. The van der Waals surface area contributed by atoms with Crippen molar-refractivity contribution < 1.29 is 9.84 Å². The molecular formula is C17H24ClN3O2. The maximum absolute atomic E-state index is 8.89. The van der Waals surface area contributed by atoms with Crippen LogP contribution in [0.1, 0.15) is 36.6 Å². The summed E-state index contributed by atoms with van der Waals surface area (Å²) in [7, 11) is 1.86. The van der Waals surface area contributed by atoms with Gasteiger partial charge in [0, 0.05) is 31.3 Å². The van der Waals surface area contributed by atoms with Crippen molar-refractivity contribution >= 4 is 11.6 Å². The van der Waals surface area contributed by atoms with E-state index < -0.39 is 0 Å². The molecule has 0 atom stereocenters. The van der Waals surface area contributed by atoms with E-state index in [9.17, 15) is 0 Å². The van der Waals surface area contributed by atoms with Gasteiger partial charge in [-0.15, -0.1) is 0 Å². The number of nitrogens with one attached hydrogen (secondary N) is 1. The van der Waals surface area contributed by atoms with Crippen LogP contribution < -0.4 is 10.1 Å². The highest BCUT2D eigenvalue weighted by Crippen LogP contribution is 2.25. The topological polar surface area (TPSA) is 59.3 Å². The lowest BCUT2D eigenvalue weighted by atomic mass is 10.1. The third kappa shape index (κ3) is 4.47. The van der Waals surface area contributed by atoms with Crippen molar-refractivity contribution in [3.05, 3.63) is 46.2 Å². The molecule has 0 radical (unpaired) electrons. The molecule has 0 saturated heterocycles. The molecule has 1 aromatic heterocycles. The second-order valence-electron chi connectivity index (χ2n) is 5.72. The Kier molecular flexibility index (Phi) is 6.45. The van der Waals surface area contributed by atoms with Crippen LogP contribution in [0.15, 0.2) is 24.3 Å². The minimum atomic E-state index is 0.00477. The Morgan fingerprint density at radius 3 is 2.74 bits per heavy atom. The van der Waals surface area contributed by atoms with Gasteiger partial charge in [-0.3, -0.25) is 4.68 Å². The first-order valence-electron chi connectivity index (χ1n) is 7.78. The van der Waals surface area contributed by atoms with Crippen molar-refractivity contribution in [2.75, 3.05) is 13.2 Å². The quantitative estimate of drug-likeness (QED) is 0.777. The van der Waals surface area contributed by atoms with Gasteiger partial charge < -0.3 is 15.2 Å². The van der Waals surface area contributed by atoms with Gasteiger partial charge in [-0.1, -0.05) is 43.6 Å². The number of ether oxygens (including phenoxy) is 1. The van der Waals surface area contributed by atoms with Gasteiger partial charge >= 0.3 is 0 Å². The number of hydrogen-bond acceptors (Lipinski definition) is 4. The van der Waals surface area contributed by atoms with Crippen molar-refractivity contribution in [2.45, 2.75) is 32.9 Å². The molecule has 0 amide bonds. The van der Waals surface area contributed by atoms with Crippen LogP contribution in [0.3, 0.4) is 0 Å². The number of halogens is 1. The Balaban J connectivity index is 2.03. The molecule has 0 spiro atoms. The van der Waals surface area contributed by atoms with Gasteiger partial charge in [-0.2, -0.15) is 5.10 Å². The lowest BCUT2D eigenvalue weighted by Crippen LogP contribution is -2.15. The van der Waals surface area contributed by atoms with Gasteiger partial charge in [0.1, 0.15) is 17.5 Å². The molecule has 0 unspecified atom stereocenters. The Hall–Kier alpha value is -1.56. The van der Waals surface area contributed by atoms with E-state index in [1.165, 1.54) is 0 Å². The van der Waals surface area contributed by atoms with E-state index in [0.29, 0.717) is 30.8 Å². The summed E-state index contributed by atoms with van der Waals surface area (Å²) in [4.78, 5) is 0. The predicted octanol–water partition coefficient (Wildman–Crippen LogP) is 2.86. The maximum Gasteiger partial charge on any atom is 0.131 e. The fraction of sp³-hybridized carbons (Fsp3) is 0.471. The third-order valence-electron chi connectivity index (χ3n) is 3.59. The van der Waals surface area contributed by atoms with E-state index >= 15 is 0 Å². The van der Waals surface area contributed by atoms with Crippen molar-refractivity contribution in [3.8, 4) is 5.75 Å². The molecule has 126 valence electrons. The first-order valence-corrected chi connectivity index (χ1v) is 8.16. The monoisotopic (exact) mass is 337 g/mol. The van der Waals surface area contributed by atoms with Gasteiger partial charge in [0.05, 0.1) is 12.3 Å². The van der Waals surface area contributed by atoms with Crippen LogP contribution in [-0.2, 0) is 20.1 Å². The number of rotatable bonds is 8. The minimum Gasteiger partial charge on any atom is -0.491 e. The summed E-state index contributed by atoms with van der Waals surface area (Å²) in [6, 6.07) is 7.81. The second kappa shape index (κ2) is 8.34. The molecule has 2 N–H and O–H groups in total. The average molecular weight is 338 g/mol. The lowest BCUT2D eigenvalue weighted by molar-refractivity contribution is 0.200. The van der Waals surface area contributed by atoms with Gasteiger partial charge in [-0.25, -0.2) is 0 Å². The van der Waals surface area contributed by atoms with E-state index in [0.717, 1.165) is 22.6 Å². The number of benzene rings is 1. The average Bonchev–Trinajstić information content (AvgIpc) is 2.82. The first-order chi connectivity index (χ1) is 11.0. The highest BCUT2D eigenvalue weighted by atomic mass is 35.5. The smallest absolute Gasteiger partial charge is 0.131 e. The number of aromatic nitrogens is 2. The molecular weight excluding hydrogens is 314 g/mol. The molecule has 0 bridgehead atoms. The zero-order chi connectivity index (χ0) is 16.8. The summed E-state index contributed by atoms with van der Waals surface area (Å²) >= 11 is 6.35. The molecule has 0 aliphatic rings.